The molecule has 1 fully saturated rings. The molecule has 1 aromatic heterocycles. The number of carbonyl (C=O) groups is 1. The van der Waals surface area contributed by atoms with Gasteiger partial charge in [-0.3, -0.25) is 9.78 Å². The summed E-state index contributed by atoms with van der Waals surface area (Å²) < 4.78 is 44.1. The van der Waals surface area contributed by atoms with Gasteiger partial charge in [0.1, 0.15) is 17.1 Å². The van der Waals surface area contributed by atoms with Crippen molar-refractivity contribution in [3.05, 3.63) is 52.5 Å². The van der Waals surface area contributed by atoms with Crippen molar-refractivity contribution in [3.8, 4) is 11.5 Å². The molecule has 1 N–H and O–H groups in total. The van der Waals surface area contributed by atoms with Crippen molar-refractivity contribution >= 4 is 26.9 Å². The molecule has 0 bridgehead atoms. The third kappa shape index (κ3) is 3.31. The van der Waals surface area contributed by atoms with Crippen molar-refractivity contribution in [3.63, 3.8) is 0 Å². The Morgan fingerprint density at radius 1 is 1.10 bits per heavy atom. The first-order valence-corrected chi connectivity index (χ1v) is 11.3. The van der Waals surface area contributed by atoms with Gasteiger partial charge in [-0.25, -0.2) is 13.2 Å². The van der Waals surface area contributed by atoms with Crippen LogP contribution in [0.5, 0.6) is 11.5 Å². The SMILES string of the molecule is COc1ccc2c(c1)OC1(CCN(S(=O)(=O)c3ccc4[nH]c(=O)oc4c3)CC1)CC2=O. The molecule has 0 saturated carbocycles. The lowest BCUT2D eigenvalue weighted by Crippen LogP contribution is -2.52. The maximum Gasteiger partial charge on any atom is 0.417 e. The number of aromatic nitrogens is 1. The van der Waals surface area contributed by atoms with Crippen molar-refractivity contribution in [2.75, 3.05) is 20.2 Å². The van der Waals surface area contributed by atoms with E-state index in [-0.39, 0.29) is 35.8 Å². The molecule has 0 aliphatic carbocycles. The van der Waals surface area contributed by atoms with E-state index in [1.54, 1.807) is 25.3 Å². The lowest BCUT2D eigenvalue weighted by molar-refractivity contribution is 0.00577. The molecule has 0 radical (unpaired) electrons. The molecule has 2 aromatic carbocycles. The Kier molecular flexibility index (Phi) is 4.45. The van der Waals surface area contributed by atoms with Crippen LogP contribution in [0.4, 0.5) is 0 Å². The van der Waals surface area contributed by atoms with E-state index in [1.165, 1.54) is 22.5 Å². The molecule has 31 heavy (non-hydrogen) atoms. The number of sulfonamides is 1. The fourth-order valence-corrected chi connectivity index (χ4v) is 5.71. The highest BCUT2D eigenvalue weighted by atomic mass is 32.2. The number of benzene rings is 2. The number of hydrogen-bond acceptors (Lipinski definition) is 7. The smallest absolute Gasteiger partial charge is 0.417 e. The Balaban J connectivity index is 1.37. The molecule has 0 unspecified atom stereocenters. The monoisotopic (exact) mass is 444 g/mol. The molecule has 5 rings (SSSR count). The summed E-state index contributed by atoms with van der Waals surface area (Å²) in [5, 5.41) is 0. The Labute approximate surface area is 177 Å². The van der Waals surface area contributed by atoms with Gasteiger partial charge in [-0.15, -0.1) is 0 Å². The zero-order valence-corrected chi connectivity index (χ0v) is 17.5. The Hall–Kier alpha value is -3.11. The molecule has 2 aliphatic heterocycles. The summed E-state index contributed by atoms with van der Waals surface area (Å²) >= 11 is 0. The van der Waals surface area contributed by atoms with Crippen LogP contribution in [0.1, 0.15) is 29.6 Å². The van der Waals surface area contributed by atoms with Gasteiger partial charge >= 0.3 is 5.76 Å². The van der Waals surface area contributed by atoms with E-state index in [1.807, 2.05) is 0 Å². The van der Waals surface area contributed by atoms with Crippen molar-refractivity contribution < 1.29 is 27.1 Å². The Morgan fingerprint density at radius 2 is 1.87 bits per heavy atom. The van der Waals surface area contributed by atoms with Crippen LogP contribution in [0, 0.1) is 0 Å². The number of nitrogens with zero attached hydrogens (tertiary/aromatic N) is 1. The maximum absolute atomic E-state index is 13.1. The number of methoxy groups -OCH3 is 1. The summed E-state index contributed by atoms with van der Waals surface area (Å²) in [6.45, 7) is 0.425. The average Bonchev–Trinajstić information content (AvgIpc) is 3.12. The summed E-state index contributed by atoms with van der Waals surface area (Å²) in [6, 6.07) is 9.39. The van der Waals surface area contributed by atoms with E-state index in [4.69, 9.17) is 13.9 Å². The topological polar surface area (TPSA) is 119 Å². The quantitative estimate of drug-likeness (QED) is 0.658. The second kappa shape index (κ2) is 6.96. The molecule has 0 atom stereocenters. The Morgan fingerprint density at radius 3 is 2.61 bits per heavy atom. The van der Waals surface area contributed by atoms with Crippen molar-refractivity contribution in [1.82, 2.24) is 9.29 Å². The average molecular weight is 444 g/mol. The minimum Gasteiger partial charge on any atom is -0.497 e. The summed E-state index contributed by atoms with van der Waals surface area (Å²) in [4.78, 5) is 26.6. The molecule has 1 spiro atoms. The minimum atomic E-state index is -3.79. The van der Waals surface area contributed by atoms with E-state index in [0.29, 0.717) is 35.4 Å². The number of Topliss-reactive ketones (excluding diaryl/α,β-unsaturated/α-hetero) is 1. The fraction of sp³-hybridized carbons (Fsp3) is 0.333. The number of rotatable bonds is 3. The van der Waals surface area contributed by atoms with Gasteiger partial charge in [-0.2, -0.15) is 4.31 Å². The number of aromatic amines is 1. The van der Waals surface area contributed by atoms with E-state index in [9.17, 15) is 18.0 Å². The largest absolute Gasteiger partial charge is 0.497 e. The molecular weight excluding hydrogens is 424 g/mol. The Bertz CT molecular complexity index is 1350. The summed E-state index contributed by atoms with van der Waals surface area (Å²) in [6.07, 6.45) is 0.979. The van der Waals surface area contributed by atoms with Gasteiger partial charge < -0.3 is 13.9 Å². The standard InChI is InChI=1S/C21H20N2O7S/c1-28-13-2-4-15-17(24)12-21(30-18(15)10-13)6-8-23(9-7-21)31(26,27)14-3-5-16-19(11-14)29-20(25)22-16/h2-5,10-11H,6-9,12H2,1H3,(H,22,25). The van der Waals surface area contributed by atoms with Gasteiger partial charge in [0.15, 0.2) is 11.4 Å². The lowest BCUT2D eigenvalue weighted by atomic mass is 9.83. The van der Waals surface area contributed by atoms with Gasteiger partial charge in [-0.1, -0.05) is 0 Å². The molecule has 162 valence electrons. The zero-order valence-electron chi connectivity index (χ0n) is 16.7. The zero-order chi connectivity index (χ0) is 21.8. The number of nitrogens with one attached hydrogen (secondary N) is 1. The number of hydrogen-bond donors (Lipinski definition) is 1. The number of piperidine rings is 1. The number of carbonyl (C=O) groups excluding carboxylic acids is 1. The van der Waals surface area contributed by atoms with Gasteiger partial charge in [0.05, 0.1) is 29.5 Å². The van der Waals surface area contributed by atoms with Gasteiger partial charge in [0, 0.05) is 38.1 Å². The number of ketones is 1. The first-order valence-electron chi connectivity index (χ1n) is 9.83. The molecule has 10 heteroatoms. The normalized spacial score (nSPS) is 18.7. The van der Waals surface area contributed by atoms with Crippen LogP contribution >= 0.6 is 0 Å². The highest BCUT2D eigenvalue weighted by Gasteiger charge is 2.45. The fourth-order valence-electron chi connectivity index (χ4n) is 4.25. The second-order valence-electron chi connectivity index (χ2n) is 7.82. The second-order valence-corrected chi connectivity index (χ2v) is 9.76. The van der Waals surface area contributed by atoms with Crippen LogP contribution in [0.3, 0.4) is 0 Å². The molecular formula is C21H20N2O7S. The van der Waals surface area contributed by atoms with Crippen molar-refractivity contribution in [2.45, 2.75) is 29.8 Å². The number of H-pyrrole nitrogens is 1. The number of fused-ring (bicyclic) bond motifs is 2. The van der Waals surface area contributed by atoms with Gasteiger partial charge in [-0.05, 0) is 24.3 Å². The van der Waals surface area contributed by atoms with Crippen LogP contribution in [0.2, 0.25) is 0 Å². The van der Waals surface area contributed by atoms with E-state index in [0.717, 1.165) is 0 Å². The third-order valence-electron chi connectivity index (χ3n) is 5.96. The van der Waals surface area contributed by atoms with Crippen LogP contribution in [-0.4, -0.2) is 49.3 Å². The molecule has 2 aliphatic rings. The maximum atomic E-state index is 13.1. The van der Waals surface area contributed by atoms with Gasteiger partial charge in [0.25, 0.3) is 0 Å². The number of ether oxygens (including phenoxy) is 2. The lowest BCUT2D eigenvalue weighted by Gasteiger charge is -2.43. The highest BCUT2D eigenvalue weighted by Crippen LogP contribution is 2.41. The molecule has 3 aromatic rings. The molecule has 1 saturated heterocycles. The molecule has 3 heterocycles. The van der Waals surface area contributed by atoms with Gasteiger partial charge in [0.2, 0.25) is 10.0 Å². The molecule has 9 nitrogen and oxygen atoms in total. The predicted molar refractivity (Wildman–Crippen MR) is 110 cm³/mol. The summed E-state index contributed by atoms with van der Waals surface area (Å²) in [5.41, 5.74) is 0.402. The van der Waals surface area contributed by atoms with Crippen LogP contribution in [-0.2, 0) is 10.0 Å². The van der Waals surface area contributed by atoms with Crippen LogP contribution < -0.4 is 15.2 Å². The first-order chi connectivity index (χ1) is 14.8. The van der Waals surface area contributed by atoms with E-state index >= 15 is 0 Å². The third-order valence-corrected chi connectivity index (χ3v) is 7.86. The highest BCUT2D eigenvalue weighted by molar-refractivity contribution is 7.89. The van der Waals surface area contributed by atoms with Crippen LogP contribution in [0.15, 0.2) is 50.5 Å². The van der Waals surface area contributed by atoms with E-state index in [2.05, 4.69) is 4.98 Å². The van der Waals surface area contributed by atoms with Crippen LogP contribution in [0.25, 0.3) is 11.1 Å². The van der Waals surface area contributed by atoms with E-state index < -0.39 is 21.4 Å². The molecule has 0 amide bonds. The van der Waals surface area contributed by atoms with Crippen molar-refractivity contribution in [2.24, 2.45) is 0 Å². The predicted octanol–water partition coefficient (Wildman–Crippen LogP) is 2.32. The first kappa shape index (κ1) is 19.8. The summed E-state index contributed by atoms with van der Waals surface area (Å²) in [5.74, 6) is 0.406. The minimum absolute atomic E-state index is 0.0202. The summed E-state index contributed by atoms with van der Waals surface area (Å²) in [7, 11) is -2.24. The van der Waals surface area contributed by atoms with Crippen molar-refractivity contribution in [1.29, 1.82) is 0 Å². The number of oxazole rings is 1.